The number of allylic oxidation sites excluding steroid dienone is 1. The number of hydrogen-bond donors (Lipinski definition) is 0. The maximum absolute atomic E-state index is 13.1. The molecule has 32 heavy (non-hydrogen) atoms. The van der Waals surface area contributed by atoms with Gasteiger partial charge in [0.1, 0.15) is 0 Å². The van der Waals surface area contributed by atoms with E-state index < -0.39 is 5.60 Å². The third-order valence-electron chi connectivity index (χ3n) is 10.3. The fraction of sp³-hybridized carbons (Fsp3) is 0.571. The first-order valence-corrected chi connectivity index (χ1v) is 12.3. The lowest BCUT2D eigenvalue weighted by atomic mass is 9.46. The van der Waals surface area contributed by atoms with Crippen LogP contribution >= 0.6 is 0 Å². The lowest BCUT2D eigenvalue weighted by Crippen LogP contribution is -2.55. The second-order valence-corrected chi connectivity index (χ2v) is 11.3. The average Bonchev–Trinajstić information content (AvgIpc) is 3.22. The van der Waals surface area contributed by atoms with Gasteiger partial charge in [-0.25, -0.2) is 9.69 Å². The molecular weight excluding hydrogens is 398 g/mol. The summed E-state index contributed by atoms with van der Waals surface area (Å²) in [6.45, 7) is 9.24. The number of anilines is 1. The Morgan fingerprint density at radius 1 is 0.969 bits per heavy atom. The van der Waals surface area contributed by atoms with Crippen molar-refractivity contribution in [3.8, 4) is 0 Å². The Morgan fingerprint density at radius 3 is 2.50 bits per heavy atom. The summed E-state index contributed by atoms with van der Waals surface area (Å²) in [6, 6.07) is 9.78. The number of rotatable bonds is 1. The molecule has 5 aliphatic rings. The van der Waals surface area contributed by atoms with Crippen LogP contribution in [0.4, 0.5) is 10.5 Å². The van der Waals surface area contributed by atoms with Gasteiger partial charge in [-0.2, -0.15) is 0 Å². The van der Waals surface area contributed by atoms with Crippen LogP contribution < -0.4 is 4.90 Å². The molecule has 4 fully saturated rings. The minimum absolute atomic E-state index is 0.0908. The SMILES string of the molecule is C=C1N(c2ccccc2)C(=O)O[C@]12CC[C@H]1[C@@H]3CCC4=CC(=O)CC[C@]4(C)[C@H]3CC[C@@]12C. The van der Waals surface area contributed by atoms with Gasteiger partial charge in [-0.3, -0.25) is 4.79 Å². The molecule has 1 aromatic carbocycles. The molecular formula is C28H33NO3. The van der Waals surface area contributed by atoms with Gasteiger partial charge in [-0.1, -0.05) is 44.2 Å². The smallest absolute Gasteiger partial charge is 0.419 e. The van der Waals surface area contributed by atoms with Crippen molar-refractivity contribution in [2.45, 2.75) is 70.8 Å². The van der Waals surface area contributed by atoms with E-state index in [9.17, 15) is 9.59 Å². The third-order valence-corrected chi connectivity index (χ3v) is 10.3. The molecule has 1 amide bonds. The van der Waals surface area contributed by atoms with Crippen LogP contribution in [0.1, 0.15) is 65.2 Å². The van der Waals surface area contributed by atoms with Gasteiger partial charge in [-0.05, 0) is 86.3 Å². The van der Waals surface area contributed by atoms with Crippen molar-refractivity contribution in [2.24, 2.45) is 28.6 Å². The molecule has 0 N–H and O–H groups in total. The molecule has 3 saturated carbocycles. The van der Waals surface area contributed by atoms with E-state index in [1.54, 1.807) is 4.90 Å². The molecule has 0 unspecified atom stereocenters. The molecule has 4 heteroatoms. The average molecular weight is 432 g/mol. The summed E-state index contributed by atoms with van der Waals surface area (Å²) in [4.78, 5) is 26.9. The molecule has 0 aromatic heterocycles. The van der Waals surface area contributed by atoms with Gasteiger partial charge in [0.15, 0.2) is 11.4 Å². The Labute approximate surface area is 190 Å². The highest BCUT2D eigenvalue weighted by Gasteiger charge is 2.70. The quantitative estimate of drug-likeness (QED) is 0.515. The number of carbonyl (C=O) groups is 2. The Balaban J connectivity index is 1.35. The second-order valence-electron chi connectivity index (χ2n) is 11.3. The number of nitrogens with zero attached hydrogens (tertiary/aromatic N) is 1. The summed E-state index contributed by atoms with van der Waals surface area (Å²) >= 11 is 0. The minimum atomic E-state index is -0.602. The van der Waals surface area contributed by atoms with Crippen molar-refractivity contribution < 1.29 is 14.3 Å². The molecule has 4 nitrogen and oxygen atoms in total. The lowest BCUT2D eigenvalue weighted by molar-refractivity contribution is -0.119. The Morgan fingerprint density at radius 2 is 1.72 bits per heavy atom. The molecule has 1 aromatic rings. The molecule has 0 radical (unpaired) electrons. The van der Waals surface area contributed by atoms with E-state index in [0.717, 1.165) is 56.3 Å². The van der Waals surface area contributed by atoms with E-state index >= 15 is 0 Å². The molecule has 6 atom stereocenters. The molecule has 1 saturated heterocycles. The summed E-state index contributed by atoms with van der Waals surface area (Å²) in [7, 11) is 0. The summed E-state index contributed by atoms with van der Waals surface area (Å²) in [6.07, 6.45) is 9.70. The first-order chi connectivity index (χ1) is 15.3. The van der Waals surface area contributed by atoms with Crippen molar-refractivity contribution in [1.82, 2.24) is 0 Å². The standard InChI is InChI=1S/C28H33NO3/c1-18-28(32-25(31)29(18)20-7-5-4-6-8-20)16-13-24-22-10-9-19-17-21(30)11-14-26(19,2)23(22)12-15-27(24,28)3/h4-8,17,22-24H,1,9-16H2,2-3H3/t22-,23+,24+,26+,27+,28-/m1/s1. The molecule has 168 valence electrons. The van der Waals surface area contributed by atoms with Crippen LogP contribution in [0.2, 0.25) is 0 Å². The predicted molar refractivity (Wildman–Crippen MR) is 124 cm³/mol. The van der Waals surface area contributed by atoms with Crippen molar-refractivity contribution in [1.29, 1.82) is 0 Å². The largest absolute Gasteiger partial charge is 0.435 e. The van der Waals surface area contributed by atoms with Crippen LogP contribution in [0.15, 0.2) is 54.3 Å². The van der Waals surface area contributed by atoms with Crippen molar-refractivity contribution in [3.05, 3.63) is 54.3 Å². The van der Waals surface area contributed by atoms with Gasteiger partial charge in [0.25, 0.3) is 0 Å². The predicted octanol–water partition coefficient (Wildman–Crippen LogP) is 6.43. The number of ether oxygens (including phenoxy) is 1. The highest BCUT2D eigenvalue weighted by Crippen LogP contribution is 2.70. The molecule has 1 spiro atoms. The second kappa shape index (κ2) is 6.59. The zero-order chi connectivity index (χ0) is 22.3. The topological polar surface area (TPSA) is 46.6 Å². The van der Waals surface area contributed by atoms with Gasteiger partial charge in [0.2, 0.25) is 0 Å². The normalized spacial score (nSPS) is 42.9. The van der Waals surface area contributed by atoms with Crippen LogP contribution in [0.5, 0.6) is 0 Å². The fourth-order valence-electron chi connectivity index (χ4n) is 8.58. The third kappa shape index (κ3) is 2.39. The molecule has 4 aliphatic carbocycles. The van der Waals surface area contributed by atoms with Crippen molar-refractivity contribution in [3.63, 3.8) is 0 Å². The van der Waals surface area contributed by atoms with Crippen LogP contribution in [-0.4, -0.2) is 17.5 Å². The molecule has 1 aliphatic heterocycles. The first-order valence-electron chi connectivity index (χ1n) is 12.3. The maximum atomic E-state index is 13.1. The summed E-state index contributed by atoms with van der Waals surface area (Å²) in [5.41, 5.74) is 2.53. The van der Waals surface area contributed by atoms with Gasteiger partial charge in [0.05, 0.1) is 11.4 Å². The van der Waals surface area contributed by atoms with Crippen LogP contribution in [0.25, 0.3) is 0 Å². The van der Waals surface area contributed by atoms with E-state index in [4.69, 9.17) is 4.74 Å². The number of ketones is 1. The van der Waals surface area contributed by atoms with Crippen LogP contribution in [0, 0.1) is 28.6 Å². The van der Waals surface area contributed by atoms with E-state index in [0.29, 0.717) is 30.0 Å². The van der Waals surface area contributed by atoms with Crippen molar-refractivity contribution >= 4 is 17.6 Å². The summed E-state index contributed by atoms with van der Waals surface area (Å²) < 4.78 is 6.32. The zero-order valence-corrected chi connectivity index (χ0v) is 19.2. The maximum Gasteiger partial charge on any atom is 0.419 e. The van der Waals surface area contributed by atoms with Crippen LogP contribution in [-0.2, 0) is 9.53 Å². The van der Waals surface area contributed by atoms with Crippen LogP contribution in [0.3, 0.4) is 0 Å². The van der Waals surface area contributed by atoms with Crippen molar-refractivity contribution in [2.75, 3.05) is 4.90 Å². The van der Waals surface area contributed by atoms with Gasteiger partial charge in [0, 0.05) is 11.8 Å². The number of benzene rings is 1. The Bertz CT molecular complexity index is 1040. The highest BCUT2D eigenvalue weighted by molar-refractivity contribution is 5.95. The number of carbonyl (C=O) groups excluding carboxylic acids is 2. The highest BCUT2D eigenvalue weighted by atomic mass is 16.6. The number of para-hydroxylation sites is 1. The lowest BCUT2D eigenvalue weighted by Gasteiger charge is -2.59. The van der Waals surface area contributed by atoms with Gasteiger partial charge in [-0.15, -0.1) is 0 Å². The van der Waals surface area contributed by atoms with E-state index in [2.05, 4.69) is 20.4 Å². The van der Waals surface area contributed by atoms with E-state index in [1.807, 2.05) is 36.4 Å². The number of hydrogen-bond acceptors (Lipinski definition) is 3. The molecule has 6 rings (SSSR count). The summed E-state index contributed by atoms with van der Waals surface area (Å²) in [5.74, 6) is 2.09. The monoisotopic (exact) mass is 431 g/mol. The van der Waals surface area contributed by atoms with E-state index in [-0.39, 0.29) is 16.9 Å². The first kappa shape index (κ1) is 20.3. The summed E-state index contributed by atoms with van der Waals surface area (Å²) in [5, 5.41) is 0. The number of amides is 1. The van der Waals surface area contributed by atoms with Gasteiger partial charge < -0.3 is 4.74 Å². The van der Waals surface area contributed by atoms with Gasteiger partial charge >= 0.3 is 6.09 Å². The number of fused-ring (bicyclic) bond motifs is 6. The zero-order valence-electron chi connectivity index (χ0n) is 19.2. The fourth-order valence-corrected chi connectivity index (χ4v) is 8.58. The Hall–Kier alpha value is -2.36. The Kier molecular flexibility index (Phi) is 4.17. The molecule has 1 heterocycles. The molecule has 0 bridgehead atoms. The van der Waals surface area contributed by atoms with E-state index in [1.165, 1.54) is 5.57 Å². The minimum Gasteiger partial charge on any atom is -0.435 e.